The zero-order valence-electron chi connectivity index (χ0n) is 20.4. The summed E-state index contributed by atoms with van der Waals surface area (Å²) in [6, 6.07) is 23.5. The molecule has 0 unspecified atom stereocenters. The minimum absolute atomic E-state index is 0.000383. The van der Waals surface area contributed by atoms with E-state index in [0.717, 1.165) is 22.4 Å². The standard InChI is InChI=1S/C29H28N4O3/c1-20(2)32-16-17-33-25(18-24-23(14-9-15-30-24)22-12-7-4-8-13-22)31-28(34)27(26(33)29(32)35)36-19-21-10-5-3-6-11-21/h3-15,20H,16-19H2,1-2H3. The van der Waals surface area contributed by atoms with Crippen molar-refractivity contribution in [2.75, 3.05) is 6.54 Å². The minimum Gasteiger partial charge on any atom is -0.481 e. The molecule has 5 rings (SSSR count). The normalized spacial score (nSPS) is 13.1. The van der Waals surface area contributed by atoms with Crippen molar-refractivity contribution in [2.45, 2.75) is 39.5 Å². The first kappa shape index (κ1) is 23.5. The first-order valence-corrected chi connectivity index (χ1v) is 12.1. The number of carbonyl (C=O) groups excluding carboxylic acids is 1. The Morgan fingerprint density at radius 2 is 1.64 bits per heavy atom. The van der Waals surface area contributed by atoms with Crippen LogP contribution in [-0.4, -0.2) is 37.9 Å². The van der Waals surface area contributed by atoms with Gasteiger partial charge in [0.2, 0.25) is 5.75 Å². The van der Waals surface area contributed by atoms with E-state index in [1.807, 2.05) is 91.2 Å². The van der Waals surface area contributed by atoms with E-state index in [2.05, 4.69) is 9.97 Å². The van der Waals surface area contributed by atoms with Gasteiger partial charge >= 0.3 is 5.56 Å². The van der Waals surface area contributed by atoms with Crippen LogP contribution in [0.3, 0.4) is 0 Å². The maximum absolute atomic E-state index is 13.6. The average molecular weight is 481 g/mol. The number of amides is 1. The Labute approximate surface area is 210 Å². The average Bonchev–Trinajstić information content (AvgIpc) is 2.90. The van der Waals surface area contributed by atoms with E-state index in [0.29, 0.717) is 25.3 Å². The van der Waals surface area contributed by atoms with E-state index in [4.69, 9.17) is 4.74 Å². The summed E-state index contributed by atoms with van der Waals surface area (Å²) in [6.45, 7) is 5.18. The van der Waals surface area contributed by atoms with Gasteiger partial charge in [-0.3, -0.25) is 14.6 Å². The van der Waals surface area contributed by atoms with Crippen LogP contribution in [0.15, 0.2) is 83.8 Å². The Balaban J connectivity index is 1.58. The molecule has 0 spiro atoms. The molecule has 0 atom stereocenters. The van der Waals surface area contributed by atoms with Gasteiger partial charge in [-0.25, -0.2) is 0 Å². The second-order valence-corrected chi connectivity index (χ2v) is 9.07. The van der Waals surface area contributed by atoms with Crippen LogP contribution in [0.25, 0.3) is 11.1 Å². The van der Waals surface area contributed by atoms with Gasteiger partial charge in [0.05, 0.1) is 5.69 Å². The lowest BCUT2D eigenvalue weighted by atomic mass is 10.0. The highest BCUT2D eigenvalue weighted by Gasteiger charge is 2.33. The fourth-order valence-electron chi connectivity index (χ4n) is 4.58. The highest BCUT2D eigenvalue weighted by Crippen LogP contribution is 2.27. The summed E-state index contributed by atoms with van der Waals surface area (Å²) in [6.07, 6.45) is 2.06. The second-order valence-electron chi connectivity index (χ2n) is 9.07. The molecule has 1 amide bonds. The van der Waals surface area contributed by atoms with Crippen LogP contribution >= 0.6 is 0 Å². The van der Waals surface area contributed by atoms with Crippen LogP contribution < -0.4 is 10.3 Å². The highest BCUT2D eigenvalue weighted by molar-refractivity contribution is 5.96. The van der Waals surface area contributed by atoms with Gasteiger partial charge in [0.1, 0.15) is 12.4 Å². The van der Waals surface area contributed by atoms with Gasteiger partial charge in [-0.1, -0.05) is 66.7 Å². The molecule has 2 aromatic heterocycles. The van der Waals surface area contributed by atoms with Crippen molar-refractivity contribution in [1.82, 2.24) is 19.4 Å². The summed E-state index contributed by atoms with van der Waals surface area (Å²) in [5, 5.41) is 0. The molecule has 0 aliphatic carbocycles. The molecule has 0 bridgehead atoms. The largest absolute Gasteiger partial charge is 0.481 e. The third kappa shape index (κ3) is 4.64. The zero-order valence-corrected chi connectivity index (χ0v) is 20.4. The summed E-state index contributed by atoms with van der Waals surface area (Å²) in [5.41, 5.74) is 3.43. The van der Waals surface area contributed by atoms with Crippen LogP contribution in [0.1, 0.15) is 41.4 Å². The summed E-state index contributed by atoms with van der Waals surface area (Å²) in [5.74, 6) is 0.293. The van der Waals surface area contributed by atoms with E-state index in [1.54, 1.807) is 11.1 Å². The molecule has 0 N–H and O–H groups in total. The molecular weight excluding hydrogens is 452 g/mol. The molecule has 3 heterocycles. The summed E-state index contributed by atoms with van der Waals surface area (Å²) < 4.78 is 7.80. The molecule has 36 heavy (non-hydrogen) atoms. The number of rotatable bonds is 7. The number of aromatic nitrogens is 3. The van der Waals surface area contributed by atoms with Gasteiger partial charge in [-0.2, -0.15) is 4.98 Å². The Bertz CT molecular complexity index is 1430. The Kier molecular flexibility index (Phi) is 6.62. The number of hydrogen-bond acceptors (Lipinski definition) is 5. The number of ether oxygens (including phenoxy) is 1. The molecule has 0 saturated heterocycles. The molecule has 0 fully saturated rings. The summed E-state index contributed by atoms with van der Waals surface area (Å²) in [4.78, 5) is 37.6. The summed E-state index contributed by atoms with van der Waals surface area (Å²) in [7, 11) is 0. The van der Waals surface area contributed by atoms with E-state index in [9.17, 15) is 9.59 Å². The van der Waals surface area contributed by atoms with E-state index < -0.39 is 5.56 Å². The molecule has 7 heteroatoms. The SMILES string of the molecule is CC(C)N1CCn2c(Cc3ncccc3-c3ccccc3)nc(=O)c(OCc3ccccc3)c2C1=O. The smallest absolute Gasteiger partial charge is 0.316 e. The van der Waals surface area contributed by atoms with Crippen LogP contribution in [-0.2, 0) is 19.6 Å². The topological polar surface area (TPSA) is 77.3 Å². The highest BCUT2D eigenvalue weighted by atomic mass is 16.5. The van der Waals surface area contributed by atoms with Gasteiger partial charge in [0, 0.05) is 37.3 Å². The number of pyridine rings is 1. The van der Waals surface area contributed by atoms with Crippen molar-refractivity contribution >= 4 is 5.91 Å². The van der Waals surface area contributed by atoms with Gasteiger partial charge in [0.15, 0.2) is 5.69 Å². The fourth-order valence-corrected chi connectivity index (χ4v) is 4.58. The zero-order chi connectivity index (χ0) is 25.1. The van der Waals surface area contributed by atoms with E-state index >= 15 is 0 Å². The molecule has 7 nitrogen and oxygen atoms in total. The quantitative estimate of drug-likeness (QED) is 0.393. The van der Waals surface area contributed by atoms with Crippen molar-refractivity contribution in [2.24, 2.45) is 0 Å². The molecular formula is C29H28N4O3. The lowest BCUT2D eigenvalue weighted by molar-refractivity contribution is 0.0634. The molecule has 1 aliphatic rings. The van der Waals surface area contributed by atoms with Gasteiger partial charge in [-0.05, 0) is 31.0 Å². The lowest BCUT2D eigenvalue weighted by Gasteiger charge is -2.34. The third-order valence-corrected chi connectivity index (χ3v) is 6.40. The molecule has 2 aromatic carbocycles. The monoisotopic (exact) mass is 480 g/mol. The third-order valence-electron chi connectivity index (χ3n) is 6.40. The van der Waals surface area contributed by atoms with E-state index in [-0.39, 0.29) is 30.0 Å². The van der Waals surface area contributed by atoms with Crippen molar-refractivity contribution in [1.29, 1.82) is 0 Å². The van der Waals surface area contributed by atoms with Crippen LogP contribution in [0.2, 0.25) is 0 Å². The molecule has 0 saturated carbocycles. The summed E-state index contributed by atoms with van der Waals surface area (Å²) >= 11 is 0. The first-order valence-electron chi connectivity index (χ1n) is 12.1. The van der Waals surface area contributed by atoms with Crippen LogP contribution in [0.5, 0.6) is 5.75 Å². The number of fused-ring (bicyclic) bond motifs is 1. The molecule has 1 aliphatic heterocycles. The van der Waals surface area contributed by atoms with E-state index in [1.165, 1.54) is 0 Å². The maximum atomic E-state index is 13.6. The van der Waals surface area contributed by atoms with Crippen LogP contribution in [0, 0.1) is 0 Å². The number of hydrogen-bond donors (Lipinski definition) is 0. The first-order chi connectivity index (χ1) is 17.5. The van der Waals surface area contributed by atoms with Crippen molar-refractivity contribution in [3.05, 3.63) is 112 Å². The minimum atomic E-state index is -0.539. The van der Waals surface area contributed by atoms with Crippen molar-refractivity contribution in [3.63, 3.8) is 0 Å². The fraction of sp³-hybridized carbons (Fsp3) is 0.241. The van der Waals surface area contributed by atoms with Crippen molar-refractivity contribution < 1.29 is 9.53 Å². The maximum Gasteiger partial charge on any atom is 0.316 e. The Morgan fingerprint density at radius 3 is 2.36 bits per heavy atom. The molecule has 4 aromatic rings. The number of benzene rings is 2. The Morgan fingerprint density at radius 1 is 0.917 bits per heavy atom. The number of carbonyl (C=O) groups is 1. The second kappa shape index (κ2) is 10.2. The van der Waals surface area contributed by atoms with Crippen LogP contribution in [0.4, 0.5) is 0 Å². The molecule has 0 radical (unpaired) electrons. The lowest BCUT2D eigenvalue weighted by Crippen LogP contribution is -2.46. The van der Waals surface area contributed by atoms with Gasteiger partial charge < -0.3 is 14.2 Å². The molecule has 182 valence electrons. The van der Waals surface area contributed by atoms with Crippen molar-refractivity contribution in [3.8, 4) is 16.9 Å². The predicted octanol–water partition coefficient (Wildman–Crippen LogP) is 4.34. The predicted molar refractivity (Wildman–Crippen MR) is 138 cm³/mol. The number of nitrogens with zero attached hydrogens (tertiary/aromatic N) is 4. The Hall–Kier alpha value is -4.26. The van der Waals surface area contributed by atoms with Gasteiger partial charge in [-0.15, -0.1) is 0 Å². The van der Waals surface area contributed by atoms with Gasteiger partial charge in [0.25, 0.3) is 5.91 Å².